The van der Waals surface area contributed by atoms with Gasteiger partial charge in [0, 0.05) is 11.8 Å². The lowest BCUT2D eigenvalue weighted by atomic mass is 10.3. The average molecular weight is 202 g/mol. The van der Waals surface area contributed by atoms with Gasteiger partial charge in [0.2, 0.25) is 0 Å². The van der Waals surface area contributed by atoms with Crippen molar-refractivity contribution in [2.75, 3.05) is 0 Å². The fourth-order valence-electron chi connectivity index (χ4n) is 1.06. The second kappa shape index (κ2) is 2.56. The number of hydrogen-bond donors (Lipinski definition) is 1. The van der Waals surface area contributed by atoms with E-state index in [1.807, 2.05) is 0 Å². The number of rotatable bonds is 0. The highest BCUT2D eigenvalue weighted by atomic mass is 35.5. The van der Waals surface area contributed by atoms with Gasteiger partial charge in [-0.25, -0.2) is 18.7 Å². The molecular weight excluding hydrogens is 197 g/mol. The molecule has 0 spiro atoms. The molecule has 0 saturated carbocycles. The van der Waals surface area contributed by atoms with Crippen molar-refractivity contribution >= 4 is 17.2 Å². The topological polar surface area (TPSA) is 50.2 Å². The lowest BCUT2D eigenvalue weighted by molar-refractivity contribution is 0.620. The first-order valence-electron chi connectivity index (χ1n) is 3.52. The van der Waals surface area contributed by atoms with Crippen molar-refractivity contribution in [3.05, 3.63) is 33.1 Å². The molecule has 0 atom stereocenters. The molecule has 0 unspecified atom stereocenters. The van der Waals surface area contributed by atoms with Crippen LogP contribution in [0.2, 0.25) is 5.02 Å². The van der Waals surface area contributed by atoms with Gasteiger partial charge in [-0.1, -0.05) is 11.6 Å². The molecular formula is C7H5ClFN3O. The SMILES string of the molecule is Cc1c(Cl)cn2c(=O)[nH]nc2c1F. The molecule has 0 fully saturated rings. The summed E-state index contributed by atoms with van der Waals surface area (Å²) in [5.41, 5.74) is -0.254. The van der Waals surface area contributed by atoms with Crippen molar-refractivity contribution in [2.45, 2.75) is 6.92 Å². The minimum absolute atomic E-state index is 0.0353. The van der Waals surface area contributed by atoms with Gasteiger partial charge < -0.3 is 0 Å². The average Bonchev–Trinajstić information content (AvgIpc) is 2.45. The number of aromatic amines is 1. The van der Waals surface area contributed by atoms with Gasteiger partial charge in [0.25, 0.3) is 0 Å². The predicted molar refractivity (Wildman–Crippen MR) is 45.5 cm³/mol. The van der Waals surface area contributed by atoms with Crippen molar-refractivity contribution in [1.29, 1.82) is 0 Å². The third kappa shape index (κ3) is 1.04. The Labute approximate surface area is 77.0 Å². The van der Waals surface area contributed by atoms with Crippen molar-refractivity contribution in [3.63, 3.8) is 0 Å². The number of nitrogens with zero attached hydrogens (tertiary/aromatic N) is 2. The normalized spacial score (nSPS) is 11.0. The molecule has 0 aliphatic carbocycles. The van der Waals surface area contributed by atoms with E-state index in [-0.39, 0.29) is 16.2 Å². The van der Waals surface area contributed by atoms with Gasteiger partial charge in [-0.15, -0.1) is 5.10 Å². The molecule has 2 heterocycles. The van der Waals surface area contributed by atoms with E-state index >= 15 is 0 Å². The summed E-state index contributed by atoms with van der Waals surface area (Å²) >= 11 is 5.68. The van der Waals surface area contributed by atoms with E-state index in [4.69, 9.17) is 11.6 Å². The maximum absolute atomic E-state index is 13.3. The maximum Gasteiger partial charge on any atom is 0.347 e. The largest absolute Gasteiger partial charge is 0.347 e. The lowest BCUT2D eigenvalue weighted by Crippen LogP contribution is -2.09. The quantitative estimate of drug-likeness (QED) is 0.695. The van der Waals surface area contributed by atoms with E-state index in [0.717, 1.165) is 4.40 Å². The number of hydrogen-bond acceptors (Lipinski definition) is 2. The molecule has 6 heteroatoms. The second-order valence-electron chi connectivity index (χ2n) is 2.64. The maximum atomic E-state index is 13.3. The van der Waals surface area contributed by atoms with Crippen LogP contribution in [0.25, 0.3) is 5.65 Å². The molecule has 68 valence electrons. The summed E-state index contributed by atoms with van der Waals surface area (Å²) < 4.78 is 14.4. The molecule has 0 amide bonds. The van der Waals surface area contributed by atoms with Gasteiger partial charge in [0.15, 0.2) is 11.5 Å². The molecule has 0 aliphatic heterocycles. The first kappa shape index (κ1) is 8.25. The van der Waals surface area contributed by atoms with Gasteiger partial charge in [-0.2, -0.15) is 0 Å². The third-order valence-corrected chi connectivity index (χ3v) is 2.21. The van der Waals surface area contributed by atoms with E-state index in [1.54, 1.807) is 0 Å². The van der Waals surface area contributed by atoms with Crippen LogP contribution in [0.5, 0.6) is 0 Å². The summed E-state index contributed by atoms with van der Waals surface area (Å²) in [5.74, 6) is -0.578. The highest BCUT2D eigenvalue weighted by Gasteiger charge is 2.11. The van der Waals surface area contributed by atoms with E-state index in [9.17, 15) is 9.18 Å². The van der Waals surface area contributed by atoms with Crippen LogP contribution >= 0.6 is 11.6 Å². The van der Waals surface area contributed by atoms with Gasteiger partial charge in [-0.05, 0) is 6.92 Å². The van der Waals surface area contributed by atoms with E-state index in [1.165, 1.54) is 13.1 Å². The molecule has 1 N–H and O–H groups in total. The fraction of sp³-hybridized carbons (Fsp3) is 0.143. The number of halogens is 2. The number of aromatic nitrogens is 3. The zero-order valence-electron chi connectivity index (χ0n) is 6.64. The van der Waals surface area contributed by atoms with Crippen LogP contribution in [0.3, 0.4) is 0 Å². The van der Waals surface area contributed by atoms with Crippen LogP contribution in [0.15, 0.2) is 11.0 Å². The predicted octanol–water partition coefficient (Wildman–Crippen LogP) is 1.12. The molecule has 0 aliphatic rings. The Morgan fingerprint density at radius 2 is 2.38 bits per heavy atom. The number of nitrogens with one attached hydrogen (secondary N) is 1. The molecule has 0 radical (unpaired) electrons. The molecule has 0 aromatic carbocycles. The fourth-order valence-corrected chi connectivity index (χ4v) is 1.24. The minimum atomic E-state index is -0.578. The first-order valence-corrected chi connectivity index (χ1v) is 3.90. The smallest absolute Gasteiger partial charge is 0.246 e. The second-order valence-corrected chi connectivity index (χ2v) is 3.05. The van der Waals surface area contributed by atoms with Crippen LogP contribution in [0, 0.1) is 12.7 Å². The molecule has 2 aromatic rings. The zero-order valence-corrected chi connectivity index (χ0v) is 7.39. The third-order valence-electron chi connectivity index (χ3n) is 1.83. The molecule has 2 aromatic heterocycles. The van der Waals surface area contributed by atoms with Crippen molar-refractivity contribution in [2.24, 2.45) is 0 Å². The Balaban J connectivity index is 3.04. The summed E-state index contributed by atoms with van der Waals surface area (Å²) in [5, 5.41) is 5.84. The molecule has 13 heavy (non-hydrogen) atoms. The van der Waals surface area contributed by atoms with Gasteiger partial charge in [0.05, 0.1) is 5.02 Å². The molecule has 2 rings (SSSR count). The first-order chi connectivity index (χ1) is 6.11. The minimum Gasteiger partial charge on any atom is -0.246 e. The van der Waals surface area contributed by atoms with Crippen molar-refractivity contribution in [1.82, 2.24) is 14.6 Å². The monoisotopic (exact) mass is 201 g/mol. The van der Waals surface area contributed by atoms with Crippen molar-refractivity contribution in [3.8, 4) is 0 Å². The number of H-pyrrole nitrogens is 1. The van der Waals surface area contributed by atoms with Crippen LogP contribution in [0.4, 0.5) is 4.39 Å². The molecule has 0 saturated heterocycles. The Kier molecular flexibility index (Phi) is 1.63. The zero-order chi connectivity index (χ0) is 9.59. The van der Waals surface area contributed by atoms with E-state index in [2.05, 4.69) is 10.2 Å². The summed E-state index contributed by atoms with van der Waals surface area (Å²) in [6.07, 6.45) is 1.33. The number of pyridine rings is 1. The summed E-state index contributed by atoms with van der Waals surface area (Å²) in [7, 11) is 0. The van der Waals surface area contributed by atoms with Gasteiger partial charge in [0.1, 0.15) is 0 Å². The Hall–Kier alpha value is -1.36. The van der Waals surface area contributed by atoms with E-state index in [0.29, 0.717) is 0 Å². The van der Waals surface area contributed by atoms with E-state index < -0.39 is 11.5 Å². The highest BCUT2D eigenvalue weighted by molar-refractivity contribution is 6.31. The number of fused-ring (bicyclic) bond motifs is 1. The van der Waals surface area contributed by atoms with Crippen LogP contribution in [0.1, 0.15) is 5.56 Å². The summed E-state index contributed by atoms with van der Waals surface area (Å²) in [6, 6.07) is 0. The van der Waals surface area contributed by atoms with Crippen LogP contribution in [-0.4, -0.2) is 14.6 Å². The lowest BCUT2D eigenvalue weighted by Gasteiger charge is -1.99. The van der Waals surface area contributed by atoms with Crippen molar-refractivity contribution < 1.29 is 4.39 Å². The Bertz CT molecular complexity index is 530. The standard InChI is InChI=1S/C7H5ClFN3O/c1-3-4(8)2-12-6(5(3)9)10-11-7(12)13/h2H,1H3,(H,11,13). The van der Waals surface area contributed by atoms with Gasteiger partial charge >= 0.3 is 5.69 Å². The van der Waals surface area contributed by atoms with Gasteiger partial charge in [-0.3, -0.25) is 0 Å². The Morgan fingerprint density at radius 1 is 1.69 bits per heavy atom. The summed E-state index contributed by atoms with van der Waals surface area (Å²) in [4.78, 5) is 11.0. The highest BCUT2D eigenvalue weighted by Crippen LogP contribution is 2.19. The molecule has 4 nitrogen and oxygen atoms in total. The molecule has 0 bridgehead atoms. The Morgan fingerprint density at radius 3 is 3.08 bits per heavy atom. The summed E-state index contributed by atoms with van der Waals surface area (Å²) in [6.45, 7) is 1.52. The van der Waals surface area contributed by atoms with Crippen LogP contribution in [-0.2, 0) is 0 Å². The van der Waals surface area contributed by atoms with Crippen LogP contribution < -0.4 is 5.69 Å².